The Labute approximate surface area is 206 Å². The van der Waals surface area contributed by atoms with Crippen LogP contribution in [-0.2, 0) is 19.6 Å². The summed E-state index contributed by atoms with van der Waals surface area (Å²) in [6.45, 7) is -0.162. The monoisotopic (exact) mass is 518 g/mol. The van der Waals surface area contributed by atoms with Crippen LogP contribution < -0.4 is 5.32 Å². The molecule has 0 spiro atoms. The molecule has 186 valence electrons. The molecule has 5 rings (SSSR count). The number of aromatic nitrogens is 3. The number of piperazine rings is 1. The van der Waals surface area contributed by atoms with Gasteiger partial charge in [-0.3, -0.25) is 9.59 Å². The van der Waals surface area contributed by atoms with Crippen LogP contribution in [-0.4, -0.2) is 70.4 Å². The molecule has 2 aromatic heterocycles. The predicted octanol–water partition coefficient (Wildman–Crippen LogP) is 2.49. The van der Waals surface area contributed by atoms with Crippen molar-refractivity contribution in [2.75, 3.05) is 25.0 Å². The Balaban J connectivity index is 1.35. The number of thiazole rings is 1. The molecule has 11 nitrogen and oxygen atoms in total. The topological polar surface area (TPSA) is 139 Å². The average molecular weight is 519 g/mol. The first-order valence-electron chi connectivity index (χ1n) is 11.6. The van der Waals surface area contributed by atoms with E-state index < -0.39 is 22.0 Å². The van der Waals surface area contributed by atoms with Gasteiger partial charge >= 0.3 is 0 Å². The number of sulfonamides is 1. The highest BCUT2D eigenvalue weighted by Crippen LogP contribution is 2.31. The van der Waals surface area contributed by atoms with Crippen LogP contribution >= 0.6 is 11.3 Å². The number of anilines is 1. The molecule has 1 saturated heterocycles. The van der Waals surface area contributed by atoms with Crippen LogP contribution in [0.15, 0.2) is 39.3 Å². The summed E-state index contributed by atoms with van der Waals surface area (Å²) in [4.78, 5) is 32.1. The third-order valence-electron chi connectivity index (χ3n) is 6.71. The van der Waals surface area contributed by atoms with Gasteiger partial charge in [0, 0.05) is 24.7 Å². The van der Waals surface area contributed by atoms with Crippen molar-refractivity contribution in [3.05, 3.63) is 29.8 Å². The lowest BCUT2D eigenvalue weighted by Gasteiger charge is -2.39. The summed E-state index contributed by atoms with van der Waals surface area (Å²) < 4.78 is 32.5. The summed E-state index contributed by atoms with van der Waals surface area (Å²) in [5, 5.41) is 12.5. The zero-order chi connectivity index (χ0) is 24.4. The molecule has 1 aliphatic heterocycles. The van der Waals surface area contributed by atoms with Gasteiger partial charge in [-0.05, 0) is 34.8 Å². The summed E-state index contributed by atoms with van der Waals surface area (Å²) in [7, 11) is -4.01. The van der Waals surface area contributed by atoms with Crippen LogP contribution in [0.4, 0.5) is 5.13 Å². The molecule has 13 heteroatoms. The third-order valence-corrected chi connectivity index (χ3v) is 9.28. The lowest BCUT2D eigenvalue weighted by molar-refractivity contribution is -0.142. The minimum atomic E-state index is -4.01. The highest BCUT2D eigenvalue weighted by molar-refractivity contribution is 7.89. The molecule has 35 heavy (non-hydrogen) atoms. The Morgan fingerprint density at radius 3 is 2.77 bits per heavy atom. The van der Waals surface area contributed by atoms with Gasteiger partial charge in [0.25, 0.3) is 0 Å². The number of carbonyl (C=O) groups is 2. The number of benzene rings is 1. The van der Waals surface area contributed by atoms with Crippen LogP contribution in [0.1, 0.15) is 38.5 Å². The summed E-state index contributed by atoms with van der Waals surface area (Å²) in [5.74, 6) is -0.336. The Morgan fingerprint density at radius 1 is 1.20 bits per heavy atom. The molecule has 2 aliphatic rings. The number of nitrogens with zero attached hydrogens (tertiary/aromatic N) is 5. The second-order valence-electron chi connectivity index (χ2n) is 8.90. The van der Waals surface area contributed by atoms with Gasteiger partial charge in [-0.1, -0.05) is 38.2 Å². The third kappa shape index (κ3) is 4.93. The molecule has 1 atom stereocenters. The molecule has 0 radical (unpaired) electrons. The van der Waals surface area contributed by atoms with E-state index in [4.69, 9.17) is 4.63 Å². The molecule has 1 N–H and O–H groups in total. The number of nitrogens with one attached hydrogen (secondary N) is 1. The fraction of sp³-hybridized carbons (Fsp3) is 0.500. The van der Waals surface area contributed by atoms with E-state index in [2.05, 4.69) is 20.6 Å². The molecule has 0 unspecified atom stereocenters. The van der Waals surface area contributed by atoms with E-state index in [0.29, 0.717) is 23.0 Å². The van der Waals surface area contributed by atoms with Crippen molar-refractivity contribution in [3.63, 3.8) is 0 Å². The van der Waals surface area contributed by atoms with Crippen LogP contribution in [0.25, 0.3) is 11.0 Å². The molecule has 3 heterocycles. The van der Waals surface area contributed by atoms with E-state index in [-0.39, 0.29) is 36.0 Å². The number of amides is 2. The molecule has 2 fully saturated rings. The summed E-state index contributed by atoms with van der Waals surface area (Å²) in [5.41, 5.74) is 0.447. The van der Waals surface area contributed by atoms with Crippen LogP contribution in [0, 0.1) is 5.92 Å². The van der Waals surface area contributed by atoms with E-state index in [9.17, 15) is 18.0 Å². The average Bonchev–Trinajstić information content (AvgIpc) is 3.55. The second kappa shape index (κ2) is 9.99. The van der Waals surface area contributed by atoms with Crippen LogP contribution in [0.3, 0.4) is 0 Å². The molecular formula is C22H26N6O5S2. The molecule has 0 bridgehead atoms. The van der Waals surface area contributed by atoms with E-state index in [1.165, 1.54) is 28.7 Å². The first-order valence-corrected chi connectivity index (χ1v) is 14.0. The standard InChI is InChI=1S/C22H26N6O5S2/c29-19-14-27(35(31,32)18-8-4-7-16-20(18)26-33-25-16)10-11-28(19)17(13-15-5-2-1-3-6-15)21(30)24-22-23-9-12-34-22/h4,7-9,12,15,17H,1-3,5-6,10-11,13-14H2,(H,23,24,30)/t17-/m0/s1. The fourth-order valence-electron chi connectivity index (χ4n) is 4.92. The number of rotatable bonds is 7. The molecule has 1 aliphatic carbocycles. The molecule has 3 aromatic rings. The van der Waals surface area contributed by atoms with Crippen molar-refractivity contribution in [3.8, 4) is 0 Å². The number of hydrogen-bond acceptors (Lipinski definition) is 9. The zero-order valence-corrected chi connectivity index (χ0v) is 20.6. The molecule has 1 aromatic carbocycles. The minimum absolute atomic E-state index is 0.0576. The van der Waals surface area contributed by atoms with E-state index >= 15 is 0 Å². The smallest absolute Gasteiger partial charge is 0.248 e. The van der Waals surface area contributed by atoms with Gasteiger partial charge in [0.2, 0.25) is 21.8 Å². The first kappa shape index (κ1) is 23.8. The van der Waals surface area contributed by atoms with Gasteiger partial charge in [-0.25, -0.2) is 18.0 Å². The molecule has 1 saturated carbocycles. The predicted molar refractivity (Wildman–Crippen MR) is 128 cm³/mol. The van der Waals surface area contributed by atoms with Gasteiger partial charge in [0.05, 0.1) is 6.54 Å². The van der Waals surface area contributed by atoms with Crippen LogP contribution in [0.5, 0.6) is 0 Å². The fourth-order valence-corrected chi connectivity index (χ4v) is 6.97. The van der Waals surface area contributed by atoms with E-state index in [0.717, 1.165) is 30.0 Å². The maximum Gasteiger partial charge on any atom is 0.248 e. The van der Waals surface area contributed by atoms with Crippen LogP contribution in [0.2, 0.25) is 0 Å². The Hall–Kier alpha value is -2.90. The Morgan fingerprint density at radius 2 is 2.03 bits per heavy atom. The second-order valence-corrected chi connectivity index (χ2v) is 11.7. The highest BCUT2D eigenvalue weighted by Gasteiger charge is 2.40. The quantitative estimate of drug-likeness (QED) is 0.503. The van der Waals surface area contributed by atoms with Crippen molar-refractivity contribution in [2.24, 2.45) is 5.92 Å². The van der Waals surface area contributed by atoms with Gasteiger partial charge in [-0.15, -0.1) is 11.3 Å². The summed E-state index contributed by atoms with van der Waals surface area (Å²) in [6, 6.07) is 3.90. The van der Waals surface area contributed by atoms with Gasteiger partial charge in [0.1, 0.15) is 16.5 Å². The highest BCUT2D eigenvalue weighted by atomic mass is 32.2. The van der Waals surface area contributed by atoms with E-state index in [1.54, 1.807) is 23.7 Å². The van der Waals surface area contributed by atoms with E-state index in [1.807, 2.05) is 0 Å². The lowest BCUT2D eigenvalue weighted by atomic mass is 9.84. The van der Waals surface area contributed by atoms with Crippen molar-refractivity contribution < 1.29 is 22.6 Å². The number of fused-ring (bicyclic) bond motifs is 1. The maximum atomic E-state index is 13.3. The minimum Gasteiger partial charge on any atom is -0.328 e. The zero-order valence-electron chi connectivity index (χ0n) is 19.0. The van der Waals surface area contributed by atoms with Crippen molar-refractivity contribution >= 4 is 49.3 Å². The summed E-state index contributed by atoms with van der Waals surface area (Å²) in [6.07, 6.45) is 7.64. The first-order chi connectivity index (χ1) is 16.9. The van der Waals surface area contributed by atoms with Gasteiger partial charge in [-0.2, -0.15) is 4.31 Å². The van der Waals surface area contributed by atoms with Crippen molar-refractivity contribution in [2.45, 2.75) is 49.5 Å². The molecule has 2 amide bonds. The van der Waals surface area contributed by atoms with Crippen molar-refractivity contribution in [1.82, 2.24) is 24.5 Å². The van der Waals surface area contributed by atoms with Gasteiger partial charge in [0.15, 0.2) is 10.6 Å². The number of carbonyl (C=O) groups excluding carboxylic acids is 2. The number of hydrogen-bond donors (Lipinski definition) is 1. The van der Waals surface area contributed by atoms with Crippen molar-refractivity contribution in [1.29, 1.82) is 0 Å². The SMILES string of the molecule is O=C(Nc1nccs1)[C@H](CC1CCCCC1)N1CCN(S(=O)(=O)c2cccc3nonc23)CC1=O. The molecular weight excluding hydrogens is 492 g/mol. The Bertz CT molecular complexity index is 1300. The maximum absolute atomic E-state index is 13.3. The van der Waals surface area contributed by atoms with Gasteiger partial charge < -0.3 is 10.2 Å². The Kier molecular flexibility index (Phi) is 6.80. The summed E-state index contributed by atoms with van der Waals surface area (Å²) >= 11 is 1.31. The normalized spacial score (nSPS) is 19.2. The lowest BCUT2D eigenvalue weighted by Crippen LogP contribution is -2.58. The largest absolute Gasteiger partial charge is 0.328 e.